The molecule has 0 radical (unpaired) electrons. The molecule has 0 aliphatic heterocycles. The first kappa shape index (κ1) is 12.4. The average Bonchev–Trinajstić information content (AvgIpc) is 2.89. The Morgan fingerprint density at radius 3 is 2.80 bits per heavy atom. The highest BCUT2D eigenvalue weighted by Crippen LogP contribution is 2.18. The van der Waals surface area contributed by atoms with Gasteiger partial charge in [0.15, 0.2) is 5.78 Å². The minimum absolute atomic E-state index is 0.0176. The van der Waals surface area contributed by atoms with E-state index in [2.05, 4.69) is 11.1 Å². The Morgan fingerprint density at radius 1 is 1.10 bits per heavy atom. The number of aromatic amines is 1. The van der Waals surface area contributed by atoms with Gasteiger partial charge in [0.2, 0.25) is 0 Å². The molecule has 0 atom stereocenters. The number of carbonyl (C=O) groups is 1. The molecule has 2 aromatic carbocycles. The molecule has 3 aromatic rings. The largest absolute Gasteiger partial charge is 0.360 e. The third-order valence-electron chi connectivity index (χ3n) is 3.32. The van der Waals surface area contributed by atoms with Crippen molar-refractivity contribution in [2.75, 3.05) is 0 Å². The number of fused-ring (bicyclic) bond motifs is 1. The van der Waals surface area contributed by atoms with Crippen LogP contribution in [0.1, 0.15) is 21.5 Å². The van der Waals surface area contributed by atoms with Gasteiger partial charge in [-0.05, 0) is 24.6 Å². The average molecular weight is 261 g/mol. The maximum Gasteiger partial charge on any atom is 0.187 e. The summed E-state index contributed by atoms with van der Waals surface area (Å²) in [7, 11) is 0. The van der Waals surface area contributed by atoms with Crippen LogP contribution < -0.4 is 0 Å². The first-order chi connectivity index (χ1) is 9.74. The summed E-state index contributed by atoms with van der Waals surface area (Å²) >= 11 is 0. The fourth-order valence-electron chi connectivity index (χ4n) is 2.31. The van der Waals surface area contributed by atoms with Gasteiger partial charge >= 0.3 is 0 Å². The number of allylic oxidation sites excluding steroid dienone is 1. The normalized spacial score (nSPS) is 11.2. The van der Waals surface area contributed by atoms with Crippen LogP contribution in [0.25, 0.3) is 17.0 Å². The number of carbonyl (C=O) groups excluding carboxylic acids is 1. The van der Waals surface area contributed by atoms with E-state index in [-0.39, 0.29) is 5.78 Å². The molecule has 1 N–H and O–H groups in total. The van der Waals surface area contributed by atoms with Gasteiger partial charge in [-0.1, -0.05) is 54.1 Å². The van der Waals surface area contributed by atoms with Crippen LogP contribution in [0.5, 0.6) is 0 Å². The molecule has 0 aliphatic rings. The summed E-state index contributed by atoms with van der Waals surface area (Å²) in [5.74, 6) is 0.0176. The fourth-order valence-corrected chi connectivity index (χ4v) is 2.31. The SMILES string of the molecule is Cc1cccc(/C=C/C(=O)c2c[nH]c3ccccc23)c1. The molecule has 2 heteroatoms. The van der Waals surface area contributed by atoms with Crippen molar-refractivity contribution in [2.24, 2.45) is 0 Å². The van der Waals surface area contributed by atoms with Crippen molar-refractivity contribution in [3.63, 3.8) is 0 Å². The number of H-pyrrole nitrogens is 1. The van der Waals surface area contributed by atoms with Gasteiger partial charge in [-0.3, -0.25) is 4.79 Å². The van der Waals surface area contributed by atoms with Gasteiger partial charge in [-0.2, -0.15) is 0 Å². The predicted octanol–water partition coefficient (Wildman–Crippen LogP) is 4.37. The predicted molar refractivity (Wildman–Crippen MR) is 82.8 cm³/mol. The molecule has 2 nitrogen and oxygen atoms in total. The molecule has 98 valence electrons. The Hall–Kier alpha value is -2.61. The van der Waals surface area contributed by atoms with Crippen LogP contribution in [0.3, 0.4) is 0 Å². The van der Waals surface area contributed by atoms with E-state index in [1.807, 2.05) is 55.5 Å². The molecule has 0 bridgehead atoms. The van der Waals surface area contributed by atoms with E-state index >= 15 is 0 Å². The van der Waals surface area contributed by atoms with Gasteiger partial charge in [0, 0.05) is 22.7 Å². The molecule has 1 heterocycles. The van der Waals surface area contributed by atoms with Crippen LogP contribution in [-0.2, 0) is 0 Å². The number of nitrogens with one attached hydrogen (secondary N) is 1. The minimum atomic E-state index is 0.0176. The lowest BCUT2D eigenvalue weighted by Gasteiger charge is -1.96. The van der Waals surface area contributed by atoms with Crippen LogP contribution in [-0.4, -0.2) is 10.8 Å². The van der Waals surface area contributed by atoms with E-state index in [1.54, 1.807) is 12.3 Å². The van der Waals surface area contributed by atoms with Gasteiger partial charge in [-0.25, -0.2) is 0 Å². The summed E-state index contributed by atoms with van der Waals surface area (Å²) in [6, 6.07) is 15.9. The lowest BCUT2D eigenvalue weighted by molar-refractivity contribution is 0.104. The number of hydrogen-bond donors (Lipinski definition) is 1. The second kappa shape index (κ2) is 5.17. The highest BCUT2D eigenvalue weighted by molar-refractivity contribution is 6.14. The van der Waals surface area contributed by atoms with E-state index in [4.69, 9.17) is 0 Å². The van der Waals surface area contributed by atoms with Gasteiger partial charge in [0.1, 0.15) is 0 Å². The highest BCUT2D eigenvalue weighted by Gasteiger charge is 2.08. The van der Waals surface area contributed by atoms with Crippen molar-refractivity contribution in [1.29, 1.82) is 0 Å². The Labute approximate surface area is 117 Å². The van der Waals surface area contributed by atoms with E-state index in [1.165, 1.54) is 5.56 Å². The van der Waals surface area contributed by atoms with Gasteiger partial charge in [-0.15, -0.1) is 0 Å². The topological polar surface area (TPSA) is 32.9 Å². The van der Waals surface area contributed by atoms with Crippen LogP contribution in [0, 0.1) is 6.92 Å². The summed E-state index contributed by atoms with van der Waals surface area (Å²) in [6.45, 7) is 2.04. The zero-order valence-corrected chi connectivity index (χ0v) is 11.3. The molecule has 3 rings (SSSR count). The third-order valence-corrected chi connectivity index (χ3v) is 3.32. The fraction of sp³-hybridized carbons (Fsp3) is 0.0556. The van der Waals surface area contributed by atoms with Gasteiger partial charge in [0.25, 0.3) is 0 Å². The summed E-state index contributed by atoms with van der Waals surface area (Å²) in [5.41, 5.74) is 3.93. The van der Waals surface area contributed by atoms with E-state index in [0.717, 1.165) is 16.5 Å². The van der Waals surface area contributed by atoms with E-state index in [0.29, 0.717) is 5.56 Å². The number of rotatable bonds is 3. The first-order valence-electron chi connectivity index (χ1n) is 6.59. The second-order valence-electron chi connectivity index (χ2n) is 4.86. The van der Waals surface area contributed by atoms with Crippen LogP contribution >= 0.6 is 0 Å². The van der Waals surface area contributed by atoms with Crippen molar-refractivity contribution in [3.05, 3.63) is 77.5 Å². The molecule has 0 unspecified atom stereocenters. The molecule has 1 aromatic heterocycles. The van der Waals surface area contributed by atoms with Gasteiger partial charge in [0.05, 0.1) is 0 Å². The Kier molecular flexibility index (Phi) is 3.21. The number of aromatic nitrogens is 1. The molecular weight excluding hydrogens is 246 g/mol. The highest BCUT2D eigenvalue weighted by atomic mass is 16.1. The molecule has 0 saturated carbocycles. The molecule has 20 heavy (non-hydrogen) atoms. The first-order valence-corrected chi connectivity index (χ1v) is 6.59. The third kappa shape index (κ3) is 2.41. The number of benzene rings is 2. The number of ketones is 1. The van der Waals surface area contributed by atoms with Crippen molar-refractivity contribution >= 4 is 22.8 Å². The monoisotopic (exact) mass is 261 g/mol. The zero-order valence-electron chi connectivity index (χ0n) is 11.3. The molecule has 0 saturated heterocycles. The molecule has 0 amide bonds. The Bertz CT molecular complexity index is 796. The lowest BCUT2D eigenvalue weighted by atomic mass is 10.1. The smallest absolute Gasteiger partial charge is 0.187 e. The maximum atomic E-state index is 12.3. The quantitative estimate of drug-likeness (QED) is 0.551. The molecule has 0 aliphatic carbocycles. The zero-order chi connectivity index (χ0) is 13.9. The van der Waals surface area contributed by atoms with E-state index < -0.39 is 0 Å². The second-order valence-corrected chi connectivity index (χ2v) is 4.86. The number of hydrogen-bond acceptors (Lipinski definition) is 1. The Morgan fingerprint density at radius 2 is 1.95 bits per heavy atom. The van der Waals surface area contributed by atoms with Crippen LogP contribution in [0.2, 0.25) is 0 Å². The summed E-state index contributed by atoms with van der Waals surface area (Å²) in [5, 5.41) is 0.964. The van der Waals surface area contributed by atoms with Crippen molar-refractivity contribution in [3.8, 4) is 0 Å². The molecule has 0 spiro atoms. The maximum absolute atomic E-state index is 12.3. The van der Waals surface area contributed by atoms with Crippen molar-refractivity contribution in [1.82, 2.24) is 4.98 Å². The standard InChI is InChI=1S/C18H15NO/c1-13-5-4-6-14(11-13)9-10-18(20)16-12-19-17-8-3-2-7-15(16)17/h2-12,19H,1H3/b10-9+. The summed E-state index contributed by atoms with van der Waals surface area (Å²) in [4.78, 5) is 15.4. The Balaban J connectivity index is 1.90. The van der Waals surface area contributed by atoms with Crippen molar-refractivity contribution in [2.45, 2.75) is 6.92 Å². The van der Waals surface area contributed by atoms with Crippen molar-refractivity contribution < 1.29 is 4.79 Å². The summed E-state index contributed by atoms with van der Waals surface area (Å²) < 4.78 is 0. The lowest BCUT2D eigenvalue weighted by Crippen LogP contribution is -1.92. The van der Waals surface area contributed by atoms with E-state index in [9.17, 15) is 4.79 Å². The minimum Gasteiger partial charge on any atom is -0.360 e. The van der Waals surface area contributed by atoms with Gasteiger partial charge < -0.3 is 4.98 Å². The van der Waals surface area contributed by atoms with Crippen LogP contribution in [0.15, 0.2) is 60.8 Å². The number of para-hydroxylation sites is 1. The number of aryl methyl sites for hydroxylation is 1. The molecular formula is C18H15NO. The summed E-state index contributed by atoms with van der Waals surface area (Å²) in [6.07, 6.45) is 5.26. The molecule has 0 fully saturated rings. The van der Waals surface area contributed by atoms with Crippen LogP contribution in [0.4, 0.5) is 0 Å².